The van der Waals surface area contributed by atoms with Crippen molar-refractivity contribution >= 4 is 29.7 Å². The van der Waals surface area contributed by atoms with E-state index in [-0.39, 0.29) is 5.97 Å². The van der Waals surface area contributed by atoms with E-state index < -0.39 is 0 Å². The van der Waals surface area contributed by atoms with Crippen molar-refractivity contribution in [2.75, 3.05) is 7.11 Å². The van der Waals surface area contributed by atoms with Crippen molar-refractivity contribution in [2.24, 2.45) is 0 Å². The molecule has 0 N–H and O–H groups in total. The van der Waals surface area contributed by atoms with Crippen LogP contribution < -0.4 is 0 Å². The molecule has 0 aliphatic carbocycles. The SMILES string of the molecule is BCc1cccc(C(=O)OC)c1CBr. The van der Waals surface area contributed by atoms with Crippen LogP contribution in [0.1, 0.15) is 21.5 Å². The van der Waals surface area contributed by atoms with Crippen molar-refractivity contribution in [3.8, 4) is 0 Å². The van der Waals surface area contributed by atoms with E-state index in [9.17, 15) is 4.79 Å². The van der Waals surface area contributed by atoms with Crippen molar-refractivity contribution in [3.05, 3.63) is 34.9 Å². The Bertz CT molecular complexity index is 339. The zero-order valence-electron chi connectivity index (χ0n) is 8.34. The number of hydrogen-bond acceptors (Lipinski definition) is 2. The standard InChI is InChI=1S/C10H12BBrO2/c1-14-10(13)8-4-2-3-7(5-11)9(8)6-12/h2-4H,5-6,11H2,1H3. The number of esters is 1. The second-order valence-electron chi connectivity index (χ2n) is 2.92. The van der Waals surface area contributed by atoms with Gasteiger partial charge in [-0.25, -0.2) is 4.79 Å². The first kappa shape index (κ1) is 11.3. The van der Waals surface area contributed by atoms with Gasteiger partial charge in [0, 0.05) is 5.33 Å². The summed E-state index contributed by atoms with van der Waals surface area (Å²) >= 11 is 3.39. The van der Waals surface area contributed by atoms with Crippen LogP contribution in [-0.4, -0.2) is 20.9 Å². The Balaban J connectivity index is 3.21. The minimum atomic E-state index is -0.269. The number of carbonyl (C=O) groups excluding carboxylic acids is 1. The zero-order chi connectivity index (χ0) is 10.6. The summed E-state index contributed by atoms with van der Waals surface area (Å²) in [4.78, 5) is 11.4. The monoisotopic (exact) mass is 254 g/mol. The molecule has 74 valence electrons. The Kier molecular flexibility index (Phi) is 4.20. The van der Waals surface area contributed by atoms with Crippen LogP contribution in [0.15, 0.2) is 18.2 Å². The molecule has 1 aromatic rings. The summed E-state index contributed by atoms with van der Waals surface area (Å²) in [5, 5.41) is 0.682. The molecule has 0 spiro atoms. The lowest BCUT2D eigenvalue weighted by molar-refractivity contribution is 0.0599. The van der Waals surface area contributed by atoms with Crippen LogP contribution in [0, 0.1) is 0 Å². The number of carbonyl (C=O) groups is 1. The minimum absolute atomic E-state index is 0.269. The Morgan fingerprint density at radius 2 is 2.29 bits per heavy atom. The number of ether oxygens (including phenoxy) is 1. The smallest absolute Gasteiger partial charge is 0.338 e. The quantitative estimate of drug-likeness (QED) is 0.464. The second kappa shape index (κ2) is 5.20. The lowest BCUT2D eigenvalue weighted by Gasteiger charge is -2.09. The Labute approximate surface area is 93.2 Å². The number of rotatable bonds is 3. The first-order valence-corrected chi connectivity index (χ1v) is 5.61. The van der Waals surface area contributed by atoms with Gasteiger partial charge in [-0.15, -0.1) is 0 Å². The molecule has 0 radical (unpaired) electrons. The lowest BCUT2D eigenvalue weighted by Crippen LogP contribution is -2.07. The molecule has 0 unspecified atom stereocenters. The molecule has 2 nitrogen and oxygen atoms in total. The van der Waals surface area contributed by atoms with E-state index >= 15 is 0 Å². The summed E-state index contributed by atoms with van der Waals surface area (Å²) in [6, 6.07) is 5.71. The maximum absolute atomic E-state index is 11.4. The molecule has 14 heavy (non-hydrogen) atoms. The molecular formula is C10H12BBrO2. The molecule has 0 aliphatic rings. The maximum Gasteiger partial charge on any atom is 0.338 e. The lowest BCUT2D eigenvalue weighted by atomic mass is 9.91. The average Bonchev–Trinajstić information content (AvgIpc) is 2.26. The second-order valence-corrected chi connectivity index (χ2v) is 3.48. The normalized spacial score (nSPS) is 9.86. The van der Waals surface area contributed by atoms with Gasteiger partial charge in [-0.2, -0.15) is 0 Å². The van der Waals surface area contributed by atoms with E-state index in [4.69, 9.17) is 4.74 Å². The van der Waals surface area contributed by atoms with Gasteiger partial charge in [-0.05, 0) is 11.6 Å². The van der Waals surface area contributed by atoms with Gasteiger partial charge >= 0.3 is 5.97 Å². The van der Waals surface area contributed by atoms with E-state index in [2.05, 4.69) is 23.8 Å². The Hall–Kier alpha value is -0.765. The number of benzene rings is 1. The molecule has 4 heteroatoms. The van der Waals surface area contributed by atoms with Gasteiger partial charge in [0.25, 0.3) is 0 Å². The minimum Gasteiger partial charge on any atom is -0.465 e. The first-order valence-electron chi connectivity index (χ1n) is 4.49. The molecule has 1 rings (SSSR count). The van der Waals surface area contributed by atoms with Crippen LogP contribution in [-0.2, 0) is 16.4 Å². The van der Waals surface area contributed by atoms with Crippen LogP contribution in [0.2, 0.25) is 0 Å². The van der Waals surface area contributed by atoms with Crippen molar-refractivity contribution < 1.29 is 9.53 Å². The zero-order valence-corrected chi connectivity index (χ0v) is 9.93. The summed E-state index contributed by atoms with van der Waals surface area (Å²) in [7, 11) is 3.47. The number of methoxy groups -OCH3 is 1. The highest BCUT2D eigenvalue weighted by atomic mass is 79.9. The summed E-state index contributed by atoms with van der Waals surface area (Å²) in [6.07, 6.45) is 0.922. The molecule has 0 saturated heterocycles. The van der Waals surface area contributed by atoms with Crippen molar-refractivity contribution in [1.29, 1.82) is 0 Å². The number of halogens is 1. The molecule has 0 aliphatic heterocycles. The van der Waals surface area contributed by atoms with Gasteiger partial charge < -0.3 is 4.74 Å². The number of hydrogen-bond donors (Lipinski definition) is 0. The molecule has 0 atom stereocenters. The molecule has 1 aromatic carbocycles. The third kappa shape index (κ3) is 2.18. The number of alkyl halides is 1. The van der Waals surface area contributed by atoms with Crippen molar-refractivity contribution in [2.45, 2.75) is 11.7 Å². The van der Waals surface area contributed by atoms with Crippen LogP contribution in [0.4, 0.5) is 0 Å². The van der Waals surface area contributed by atoms with Crippen LogP contribution >= 0.6 is 15.9 Å². The molecule has 0 saturated carbocycles. The molecule has 0 amide bonds. The topological polar surface area (TPSA) is 26.3 Å². The van der Waals surface area contributed by atoms with Gasteiger partial charge in [0.2, 0.25) is 0 Å². The third-order valence-corrected chi connectivity index (χ3v) is 2.75. The maximum atomic E-state index is 11.4. The highest BCUT2D eigenvalue weighted by Crippen LogP contribution is 2.18. The highest BCUT2D eigenvalue weighted by molar-refractivity contribution is 9.08. The fourth-order valence-corrected chi connectivity index (χ4v) is 2.09. The molecule has 0 fully saturated rings. The van der Waals surface area contributed by atoms with E-state index in [1.54, 1.807) is 6.07 Å². The first-order chi connectivity index (χ1) is 6.74. The summed E-state index contributed by atoms with van der Waals surface area (Å²) in [6.45, 7) is 0. The summed E-state index contributed by atoms with van der Waals surface area (Å²) < 4.78 is 4.72. The van der Waals surface area contributed by atoms with Crippen LogP contribution in [0.3, 0.4) is 0 Å². The predicted octanol–water partition coefficient (Wildman–Crippen LogP) is 1.50. The highest BCUT2D eigenvalue weighted by Gasteiger charge is 2.12. The Morgan fingerprint density at radius 1 is 1.57 bits per heavy atom. The fraction of sp³-hybridized carbons (Fsp3) is 0.300. The summed E-state index contributed by atoms with van der Waals surface area (Å²) in [5.74, 6) is -0.269. The molecule has 0 heterocycles. The van der Waals surface area contributed by atoms with Gasteiger partial charge in [-0.3, -0.25) is 0 Å². The Morgan fingerprint density at radius 3 is 2.79 bits per heavy atom. The van der Waals surface area contributed by atoms with Crippen molar-refractivity contribution in [1.82, 2.24) is 0 Å². The van der Waals surface area contributed by atoms with E-state index in [0.717, 1.165) is 11.9 Å². The van der Waals surface area contributed by atoms with Crippen LogP contribution in [0.5, 0.6) is 0 Å². The predicted molar refractivity (Wildman–Crippen MR) is 62.7 cm³/mol. The van der Waals surface area contributed by atoms with Gasteiger partial charge in [0.05, 0.1) is 12.7 Å². The van der Waals surface area contributed by atoms with Crippen molar-refractivity contribution in [3.63, 3.8) is 0 Å². The summed E-state index contributed by atoms with van der Waals surface area (Å²) in [5.41, 5.74) is 2.87. The van der Waals surface area contributed by atoms with E-state index in [1.807, 2.05) is 12.1 Å². The van der Waals surface area contributed by atoms with E-state index in [1.165, 1.54) is 12.7 Å². The largest absolute Gasteiger partial charge is 0.465 e. The molecule has 0 aromatic heterocycles. The average molecular weight is 255 g/mol. The van der Waals surface area contributed by atoms with Gasteiger partial charge in [0.1, 0.15) is 7.85 Å². The van der Waals surface area contributed by atoms with Crippen LogP contribution in [0.25, 0.3) is 0 Å². The molecular weight excluding hydrogens is 243 g/mol. The third-order valence-electron chi connectivity index (χ3n) is 2.19. The van der Waals surface area contributed by atoms with E-state index in [0.29, 0.717) is 10.9 Å². The molecule has 0 bridgehead atoms. The van der Waals surface area contributed by atoms with Gasteiger partial charge in [0.15, 0.2) is 0 Å². The van der Waals surface area contributed by atoms with Gasteiger partial charge in [-0.1, -0.05) is 39.9 Å². The fourth-order valence-electron chi connectivity index (χ4n) is 1.42.